The topological polar surface area (TPSA) is 103 Å². The van der Waals surface area contributed by atoms with Gasteiger partial charge >= 0.3 is 0 Å². The van der Waals surface area contributed by atoms with E-state index in [1.807, 2.05) is 19.1 Å². The standard InChI is InChI=1S/C25H30N2O7/c1-17-6-8-22(23(13-17)32-3)33-15-20(28)18-7-9-21-19(14-18)27(25(30)16-34-21)11-4-5-24(29)26-10-12-31-2/h6-9,13-14H,4-5,10-12,15-16H2,1-3H3,(H,26,29). The van der Waals surface area contributed by atoms with Crippen LogP contribution in [-0.2, 0) is 14.3 Å². The quantitative estimate of drug-likeness (QED) is 0.376. The third-order valence-corrected chi connectivity index (χ3v) is 5.32. The molecule has 0 atom stereocenters. The van der Waals surface area contributed by atoms with Gasteiger partial charge in [0.15, 0.2) is 30.5 Å². The van der Waals surface area contributed by atoms with E-state index >= 15 is 0 Å². The van der Waals surface area contributed by atoms with Crippen molar-refractivity contribution in [1.29, 1.82) is 0 Å². The lowest BCUT2D eigenvalue weighted by molar-refractivity contribution is -0.123. The Hall–Kier alpha value is -3.59. The van der Waals surface area contributed by atoms with E-state index in [2.05, 4.69) is 5.32 Å². The number of nitrogens with one attached hydrogen (secondary N) is 1. The summed E-state index contributed by atoms with van der Waals surface area (Å²) in [5, 5.41) is 2.75. The summed E-state index contributed by atoms with van der Waals surface area (Å²) in [5.74, 6) is 0.962. The Labute approximate surface area is 198 Å². The summed E-state index contributed by atoms with van der Waals surface area (Å²) >= 11 is 0. The normalized spacial score (nSPS) is 12.6. The molecule has 0 unspecified atom stereocenters. The first-order chi connectivity index (χ1) is 16.4. The molecule has 0 aliphatic carbocycles. The van der Waals surface area contributed by atoms with Crippen molar-refractivity contribution >= 4 is 23.3 Å². The third kappa shape index (κ3) is 6.48. The van der Waals surface area contributed by atoms with E-state index in [4.69, 9.17) is 18.9 Å². The number of carbonyl (C=O) groups excluding carboxylic acids is 3. The van der Waals surface area contributed by atoms with Gasteiger partial charge in [-0.15, -0.1) is 0 Å². The summed E-state index contributed by atoms with van der Waals surface area (Å²) in [4.78, 5) is 38.8. The Bertz CT molecular complexity index is 1040. The minimum Gasteiger partial charge on any atom is -0.493 e. The van der Waals surface area contributed by atoms with Gasteiger partial charge in [-0.3, -0.25) is 14.4 Å². The summed E-state index contributed by atoms with van der Waals surface area (Å²) in [6.45, 7) is 2.88. The lowest BCUT2D eigenvalue weighted by Gasteiger charge is -2.29. The predicted molar refractivity (Wildman–Crippen MR) is 126 cm³/mol. The molecule has 2 aromatic rings. The van der Waals surface area contributed by atoms with Gasteiger partial charge in [0.1, 0.15) is 5.75 Å². The molecule has 1 heterocycles. The molecule has 0 bridgehead atoms. The smallest absolute Gasteiger partial charge is 0.265 e. The molecule has 1 aliphatic heterocycles. The van der Waals surface area contributed by atoms with Gasteiger partial charge in [-0.1, -0.05) is 6.07 Å². The van der Waals surface area contributed by atoms with Gasteiger partial charge in [-0.05, 0) is 49.2 Å². The van der Waals surface area contributed by atoms with E-state index in [1.54, 1.807) is 43.4 Å². The Morgan fingerprint density at radius 2 is 1.94 bits per heavy atom. The molecule has 0 spiro atoms. The lowest BCUT2D eigenvalue weighted by Crippen LogP contribution is -2.40. The molecule has 9 nitrogen and oxygen atoms in total. The molecule has 0 fully saturated rings. The fraction of sp³-hybridized carbons (Fsp3) is 0.400. The number of nitrogens with zero attached hydrogens (tertiary/aromatic N) is 1. The number of methoxy groups -OCH3 is 2. The van der Waals surface area contributed by atoms with Crippen LogP contribution in [0, 0.1) is 6.92 Å². The number of fused-ring (bicyclic) bond motifs is 1. The van der Waals surface area contributed by atoms with E-state index in [0.29, 0.717) is 54.6 Å². The second-order valence-electron chi connectivity index (χ2n) is 7.83. The number of benzene rings is 2. The molecule has 2 aromatic carbocycles. The SMILES string of the molecule is COCCNC(=O)CCCN1C(=O)COc2ccc(C(=O)COc3ccc(C)cc3OC)cc21. The van der Waals surface area contributed by atoms with Crippen molar-refractivity contribution in [3.8, 4) is 17.2 Å². The molecule has 2 amide bonds. The van der Waals surface area contributed by atoms with Crippen LogP contribution in [0.2, 0.25) is 0 Å². The Morgan fingerprint density at radius 1 is 1.12 bits per heavy atom. The number of amides is 2. The summed E-state index contributed by atoms with van der Waals surface area (Å²) in [7, 11) is 3.11. The number of hydrogen-bond donors (Lipinski definition) is 1. The van der Waals surface area contributed by atoms with Crippen molar-refractivity contribution < 1.29 is 33.3 Å². The van der Waals surface area contributed by atoms with Gasteiger partial charge < -0.3 is 29.2 Å². The van der Waals surface area contributed by atoms with Crippen molar-refractivity contribution in [2.24, 2.45) is 0 Å². The summed E-state index contributed by atoms with van der Waals surface area (Å²) in [5.41, 5.74) is 1.92. The highest BCUT2D eigenvalue weighted by molar-refractivity contribution is 6.02. The van der Waals surface area contributed by atoms with Crippen molar-refractivity contribution in [1.82, 2.24) is 5.32 Å². The number of carbonyl (C=O) groups is 3. The van der Waals surface area contributed by atoms with E-state index in [9.17, 15) is 14.4 Å². The fourth-order valence-corrected chi connectivity index (χ4v) is 3.52. The zero-order chi connectivity index (χ0) is 24.5. The highest BCUT2D eigenvalue weighted by Crippen LogP contribution is 2.34. The summed E-state index contributed by atoms with van der Waals surface area (Å²) in [6, 6.07) is 10.4. The largest absolute Gasteiger partial charge is 0.493 e. The second kappa shape index (κ2) is 12.0. The van der Waals surface area contributed by atoms with Crippen LogP contribution in [0.4, 0.5) is 5.69 Å². The van der Waals surface area contributed by atoms with E-state index in [-0.39, 0.29) is 37.2 Å². The zero-order valence-electron chi connectivity index (χ0n) is 19.7. The third-order valence-electron chi connectivity index (χ3n) is 5.32. The maximum Gasteiger partial charge on any atom is 0.265 e. The zero-order valence-corrected chi connectivity index (χ0v) is 19.7. The van der Waals surface area contributed by atoms with E-state index in [1.165, 1.54) is 0 Å². The molecular formula is C25H30N2O7. The minimum absolute atomic E-state index is 0.0866. The first kappa shape index (κ1) is 25.0. The number of ether oxygens (including phenoxy) is 4. The van der Waals surface area contributed by atoms with Crippen LogP contribution in [0.5, 0.6) is 17.2 Å². The molecule has 1 N–H and O–H groups in total. The van der Waals surface area contributed by atoms with Gasteiger partial charge in [0.05, 0.1) is 19.4 Å². The van der Waals surface area contributed by atoms with Crippen LogP contribution in [-0.4, -0.2) is 64.7 Å². The van der Waals surface area contributed by atoms with Crippen molar-refractivity contribution in [2.75, 3.05) is 52.0 Å². The first-order valence-electron chi connectivity index (χ1n) is 11.1. The number of aryl methyl sites for hydroxylation is 1. The Kier molecular flexibility index (Phi) is 8.86. The van der Waals surface area contributed by atoms with Crippen molar-refractivity contribution in [3.63, 3.8) is 0 Å². The molecule has 9 heteroatoms. The molecule has 3 rings (SSSR count). The molecular weight excluding hydrogens is 440 g/mol. The molecule has 182 valence electrons. The van der Waals surface area contributed by atoms with E-state index < -0.39 is 0 Å². The molecule has 1 aliphatic rings. The van der Waals surface area contributed by atoms with Crippen LogP contribution < -0.4 is 24.4 Å². The van der Waals surface area contributed by atoms with Crippen molar-refractivity contribution in [3.05, 3.63) is 47.5 Å². The molecule has 0 saturated carbocycles. The molecule has 0 saturated heterocycles. The van der Waals surface area contributed by atoms with Gasteiger partial charge in [-0.2, -0.15) is 0 Å². The average molecular weight is 471 g/mol. The van der Waals surface area contributed by atoms with Crippen molar-refractivity contribution in [2.45, 2.75) is 19.8 Å². The van der Waals surface area contributed by atoms with Crippen LogP contribution in [0.1, 0.15) is 28.8 Å². The van der Waals surface area contributed by atoms with Gasteiger partial charge in [-0.25, -0.2) is 0 Å². The van der Waals surface area contributed by atoms with Crippen LogP contribution in [0.3, 0.4) is 0 Å². The average Bonchev–Trinajstić information content (AvgIpc) is 2.84. The number of ketones is 1. The highest BCUT2D eigenvalue weighted by atomic mass is 16.5. The second-order valence-corrected chi connectivity index (χ2v) is 7.83. The minimum atomic E-state index is -0.249. The maximum absolute atomic E-state index is 12.8. The summed E-state index contributed by atoms with van der Waals surface area (Å²) in [6.07, 6.45) is 0.743. The first-order valence-corrected chi connectivity index (χ1v) is 11.1. The van der Waals surface area contributed by atoms with Crippen LogP contribution >= 0.6 is 0 Å². The van der Waals surface area contributed by atoms with Gasteiger partial charge in [0, 0.05) is 32.2 Å². The Morgan fingerprint density at radius 3 is 2.71 bits per heavy atom. The maximum atomic E-state index is 12.8. The lowest BCUT2D eigenvalue weighted by atomic mass is 10.1. The van der Waals surface area contributed by atoms with Gasteiger partial charge in [0.2, 0.25) is 5.91 Å². The monoisotopic (exact) mass is 470 g/mol. The molecule has 34 heavy (non-hydrogen) atoms. The molecule has 0 radical (unpaired) electrons. The van der Waals surface area contributed by atoms with Gasteiger partial charge in [0.25, 0.3) is 5.91 Å². The highest BCUT2D eigenvalue weighted by Gasteiger charge is 2.26. The van der Waals surface area contributed by atoms with Crippen LogP contribution in [0.25, 0.3) is 0 Å². The van der Waals surface area contributed by atoms with E-state index in [0.717, 1.165) is 5.56 Å². The number of anilines is 1. The number of Topliss-reactive ketones (excluding diaryl/α,β-unsaturated/α-hetero) is 1. The number of rotatable bonds is 12. The Balaban J connectivity index is 1.64. The molecule has 0 aromatic heterocycles. The van der Waals surface area contributed by atoms with Crippen LogP contribution in [0.15, 0.2) is 36.4 Å². The number of hydrogen-bond acceptors (Lipinski definition) is 7. The summed E-state index contributed by atoms with van der Waals surface area (Å²) < 4.78 is 21.4. The predicted octanol–water partition coefficient (Wildman–Crippen LogP) is 2.53. The fourth-order valence-electron chi connectivity index (χ4n) is 3.52.